The van der Waals surface area contributed by atoms with E-state index >= 15 is 0 Å². The van der Waals surface area contributed by atoms with E-state index in [2.05, 4.69) is 27.0 Å². The van der Waals surface area contributed by atoms with Crippen molar-refractivity contribution >= 4 is 18.2 Å². The van der Waals surface area contributed by atoms with Crippen molar-refractivity contribution < 1.29 is 0 Å². The lowest BCUT2D eigenvalue weighted by molar-refractivity contribution is 0.795. The maximum absolute atomic E-state index is 4.44. The predicted octanol–water partition coefficient (Wildman–Crippen LogP) is 2.28. The second-order valence-electron chi connectivity index (χ2n) is 3.62. The third-order valence-electron chi connectivity index (χ3n) is 2.33. The van der Waals surface area contributed by atoms with Crippen molar-refractivity contribution in [2.45, 2.75) is 20.3 Å². The average Bonchev–Trinajstić information content (AvgIpc) is 2.18. The van der Waals surface area contributed by atoms with Crippen molar-refractivity contribution in [2.24, 2.45) is 0 Å². The molecule has 0 N–H and O–H groups in total. The largest absolute Gasteiger partial charge is 0.352 e. The topological polar surface area (TPSA) is 29.0 Å². The van der Waals surface area contributed by atoms with Crippen molar-refractivity contribution in [3.05, 3.63) is 29.7 Å². The maximum atomic E-state index is 4.44. The summed E-state index contributed by atoms with van der Waals surface area (Å²) in [4.78, 5) is 11.0. The van der Waals surface area contributed by atoms with Gasteiger partial charge in [-0.1, -0.05) is 12.2 Å². The van der Waals surface area contributed by atoms with E-state index in [9.17, 15) is 0 Å². The Labute approximate surface area is 96.6 Å². The number of anilines is 1. The monoisotopic (exact) mass is 225 g/mol. The molecule has 0 radical (unpaired) electrons. The van der Waals surface area contributed by atoms with Crippen molar-refractivity contribution in [2.75, 3.05) is 18.0 Å². The first-order valence-corrected chi connectivity index (χ1v) is 4.98. The van der Waals surface area contributed by atoms with Crippen molar-refractivity contribution in [3.63, 3.8) is 0 Å². The molecule has 4 heteroatoms. The Bertz CT molecular complexity index is 343. The standard InChI is InChI=1S/C11H15N3.ClH/c1-9-8-11(13-10(2)12-9)14-6-4-3-5-7-14;/h3-4,8H,5-7H2,1-2H3;1H. The van der Waals surface area contributed by atoms with Gasteiger partial charge in [0.05, 0.1) is 0 Å². The highest BCUT2D eigenvalue weighted by Gasteiger charge is 2.09. The van der Waals surface area contributed by atoms with E-state index in [-0.39, 0.29) is 12.4 Å². The number of nitrogens with zero attached hydrogens (tertiary/aromatic N) is 3. The van der Waals surface area contributed by atoms with Crippen LogP contribution in [0.1, 0.15) is 17.9 Å². The third kappa shape index (κ3) is 2.93. The Morgan fingerprint density at radius 3 is 2.60 bits per heavy atom. The molecule has 0 saturated heterocycles. The van der Waals surface area contributed by atoms with Gasteiger partial charge in [-0.25, -0.2) is 9.97 Å². The summed E-state index contributed by atoms with van der Waals surface area (Å²) in [7, 11) is 0. The molecule has 0 aliphatic carbocycles. The minimum Gasteiger partial charge on any atom is -0.352 e. The number of hydrogen-bond donors (Lipinski definition) is 0. The number of aryl methyl sites for hydroxylation is 2. The zero-order valence-electron chi connectivity index (χ0n) is 9.10. The van der Waals surface area contributed by atoms with E-state index < -0.39 is 0 Å². The van der Waals surface area contributed by atoms with Gasteiger partial charge >= 0.3 is 0 Å². The van der Waals surface area contributed by atoms with Gasteiger partial charge in [-0.2, -0.15) is 0 Å². The second kappa shape index (κ2) is 5.12. The van der Waals surface area contributed by atoms with Gasteiger partial charge in [-0.05, 0) is 20.3 Å². The van der Waals surface area contributed by atoms with Gasteiger partial charge in [0.25, 0.3) is 0 Å². The Morgan fingerprint density at radius 2 is 2.00 bits per heavy atom. The van der Waals surface area contributed by atoms with Crippen LogP contribution >= 0.6 is 12.4 Å². The van der Waals surface area contributed by atoms with Crippen LogP contribution in [-0.2, 0) is 0 Å². The molecule has 2 heterocycles. The number of halogens is 1. The lowest BCUT2D eigenvalue weighted by atomic mass is 10.2. The van der Waals surface area contributed by atoms with Crippen LogP contribution in [0.5, 0.6) is 0 Å². The summed E-state index contributed by atoms with van der Waals surface area (Å²) in [5, 5.41) is 0. The van der Waals surface area contributed by atoms with E-state index in [1.54, 1.807) is 0 Å². The number of aromatic nitrogens is 2. The molecule has 82 valence electrons. The zero-order chi connectivity index (χ0) is 9.97. The van der Waals surface area contributed by atoms with E-state index in [0.29, 0.717) is 0 Å². The summed E-state index contributed by atoms with van der Waals surface area (Å²) in [5.74, 6) is 1.91. The molecule has 1 aliphatic heterocycles. The van der Waals surface area contributed by atoms with Gasteiger partial charge in [-0.15, -0.1) is 12.4 Å². The van der Waals surface area contributed by atoms with E-state index in [0.717, 1.165) is 36.8 Å². The molecule has 0 unspecified atom stereocenters. The summed E-state index contributed by atoms with van der Waals surface area (Å²) < 4.78 is 0. The molecule has 0 atom stereocenters. The minimum absolute atomic E-state index is 0. The Morgan fingerprint density at radius 1 is 1.20 bits per heavy atom. The fourth-order valence-corrected chi connectivity index (χ4v) is 1.71. The molecule has 0 spiro atoms. The first-order valence-electron chi connectivity index (χ1n) is 4.98. The molecule has 0 saturated carbocycles. The van der Waals surface area contributed by atoms with Gasteiger partial charge in [0.15, 0.2) is 0 Å². The zero-order valence-corrected chi connectivity index (χ0v) is 9.92. The summed E-state index contributed by atoms with van der Waals surface area (Å²) in [6.07, 6.45) is 5.52. The number of rotatable bonds is 1. The first-order chi connectivity index (χ1) is 6.75. The molecule has 0 fully saturated rings. The minimum atomic E-state index is 0. The molecular formula is C11H16ClN3. The predicted molar refractivity (Wildman–Crippen MR) is 64.7 cm³/mol. The molecule has 2 rings (SSSR count). The van der Waals surface area contributed by atoms with E-state index in [4.69, 9.17) is 0 Å². The number of hydrogen-bond acceptors (Lipinski definition) is 3. The second-order valence-corrected chi connectivity index (χ2v) is 3.62. The van der Waals surface area contributed by atoms with Crippen molar-refractivity contribution in [1.82, 2.24) is 9.97 Å². The van der Waals surface area contributed by atoms with Crippen LogP contribution in [0.25, 0.3) is 0 Å². The van der Waals surface area contributed by atoms with Crippen LogP contribution < -0.4 is 4.90 Å². The average molecular weight is 226 g/mol. The highest BCUT2D eigenvalue weighted by molar-refractivity contribution is 5.85. The molecule has 0 bridgehead atoms. The molecular weight excluding hydrogens is 210 g/mol. The van der Waals surface area contributed by atoms with Gasteiger partial charge in [0, 0.05) is 24.8 Å². The van der Waals surface area contributed by atoms with Crippen molar-refractivity contribution in [1.29, 1.82) is 0 Å². The van der Waals surface area contributed by atoms with Crippen LogP contribution in [0.3, 0.4) is 0 Å². The third-order valence-corrected chi connectivity index (χ3v) is 2.33. The highest BCUT2D eigenvalue weighted by Crippen LogP contribution is 2.14. The molecule has 1 aromatic rings. The van der Waals surface area contributed by atoms with Gasteiger partial charge < -0.3 is 4.90 Å². The fourth-order valence-electron chi connectivity index (χ4n) is 1.71. The quantitative estimate of drug-likeness (QED) is 0.687. The van der Waals surface area contributed by atoms with E-state index in [1.807, 2.05) is 19.9 Å². The molecule has 15 heavy (non-hydrogen) atoms. The Hall–Kier alpha value is -1.09. The summed E-state index contributed by atoms with van der Waals surface area (Å²) >= 11 is 0. The van der Waals surface area contributed by atoms with Crippen LogP contribution in [-0.4, -0.2) is 23.1 Å². The highest BCUT2D eigenvalue weighted by atomic mass is 35.5. The molecule has 1 aromatic heterocycles. The SMILES string of the molecule is Cc1cc(N2CC=CCC2)nc(C)n1.Cl. The van der Waals surface area contributed by atoms with Crippen LogP contribution in [0.2, 0.25) is 0 Å². The van der Waals surface area contributed by atoms with Crippen LogP contribution in [0.4, 0.5) is 5.82 Å². The maximum Gasteiger partial charge on any atom is 0.132 e. The Balaban J connectivity index is 0.00000112. The van der Waals surface area contributed by atoms with Gasteiger partial charge in [-0.3, -0.25) is 0 Å². The van der Waals surface area contributed by atoms with Crippen molar-refractivity contribution in [3.8, 4) is 0 Å². The normalized spacial score (nSPS) is 14.9. The molecule has 0 amide bonds. The summed E-state index contributed by atoms with van der Waals surface area (Å²) in [5.41, 5.74) is 1.04. The Kier molecular flexibility index (Phi) is 4.09. The van der Waals surface area contributed by atoms with Gasteiger partial charge in [0.2, 0.25) is 0 Å². The van der Waals surface area contributed by atoms with Gasteiger partial charge in [0.1, 0.15) is 11.6 Å². The molecule has 1 aliphatic rings. The van der Waals surface area contributed by atoms with Crippen LogP contribution in [0.15, 0.2) is 18.2 Å². The first kappa shape index (κ1) is 12.0. The molecule has 3 nitrogen and oxygen atoms in total. The fraction of sp³-hybridized carbons (Fsp3) is 0.455. The smallest absolute Gasteiger partial charge is 0.132 e. The lowest BCUT2D eigenvalue weighted by Gasteiger charge is -2.24. The summed E-state index contributed by atoms with van der Waals surface area (Å²) in [6.45, 7) is 5.98. The molecule has 0 aromatic carbocycles. The lowest BCUT2D eigenvalue weighted by Crippen LogP contribution is -2.28. The van der Waals surface area contributed by atoms with E-state index in [1.165, 1.54) is 0 Å². The van der Waals surface area contributed by atoms with Crippen LogP contribution in [0, 0.1) is 13.8 Å². The summed E-state index contributed by atoms with van der Waals surface area (Å²) in [6, 6.07) is 2.05.